The van der Waals surface area contributed by atoms with Crippen LogP contribution in [0.25, 0.3) is 0 Å². The minimum absolute atomic E-state index is 0.0361. The molecule has 0 aromatic rings. The molecule has 0 heterocycles. The highest BCUT2D eigenvalue weighted by Gasteiger charge is 2.35. The molecule has 0 saturated carbocycles. The van der Waals surface area contributed by atoms with E-state index in [1.807, 2.05) is 20.8 Å². The predicted octanol–water partition coefficient (Wildman–Crippen LogP) is 9.51. The number of aliphatic hydroxyl groups is 3. The number of ether oxygens (including phenoxy) is 8. The summed E-state index contributed by atoms with van der Waals surface area (Å²) in [6.45, 7) is 68.6. The van der Waals surface area contributed by atoms with Gasteiger partial charge in [-0.05, 0) is 134 Å². The van der Waals surface area contributed by atoms with Crippen LogP contribution < -0.4 is 0 Å². The summed E-state index contributed by atoms with van der Waals surface area (Å²) in [6, 6.07) is 0. The Kier molecular flexibility index (Phi) is 53.7. The average molecular weight is 1070 g/mol. The third-order valence-corrected chi connectivity index (χ3v) is 10.6. The Balaban J connectivity index is -0.000000276. The van der Waals surface area contributed by atoms with Crippen molar-refractivity contribution < 1.29 is 53.2 Å². The fourth-order valence-corrected chi connectivity index (χ4v) is 8.49. The molecule has 0 spiro atoms. The van der Waals surface area contributed by atoms with Gasteiger partial charge in [0.05, 0.1) is 104 Å². The molecule has 3 N–H and O–H groups in total. The van der Waals surface area contributed by atoms with Crippen LogP contribution in [0.2, 0.25) is 0 Å². The first-order valence-electron chi connectivity index (χ1n) is 28.3. The van der Waals surface area contributed by atoms with Gasteiger partial charge in [-0.3, -0.25) is 9.80 Å². The Hall–Kier alpha value is -0.600. The van der Waals surface area contributed by atoms with Gasteiger partial charge < -0.3 is 63.0 Å². The number of rotatable bonds is 35. The van der Waals surface area contributed by atoms with Crippen LogP contribution in [0.5, 0.6) is 0 Å². The Morgan fingerprint density at radius 2 is 0.635 bits per heavy atom. The zero-order valence-electron chi connectivity index (χ0n) is 54.2. The highest BCUT2D eigenvalue weighted by Crippen LogP contribution is 2.28. The molecule has 15 nitrogen and oxygen atoms in total. The van der Waals surface area contributed by atoms with Crippen molar-refractivity contribution in [2.45, 2.75) is 213 Å². The molecule has 0 fully saturated rings. The molecular weight excluding hydrogens is 941 g/mol. The third kappa shape index (κ3) is 59.1. The van der Waals surface area contributed by atoms with Gasteiger partial charge in [0, 0.05) is 95.8 Å². The SMILES string of the molecule is CC(C)(C)N(CCN(C(C)(C)C)C(C)(C)C)C(C)(C)C.CC(C)CN(CCN(CC(C)C)CC(C)C)CC(C)C.COCC(C)OCCO.COCC(C)OCCOCC(C)O.COCCOCC(C)OCCO. The lowest BCUT2D eigenvalue weighted by Gasteiger charge is -2.50. The molecule has 454 valence electrons. The van der Waals surface area contributed by atoms with Crippen molar-refractivity contribution in [3.05, 3.63) is 0 Å². The van der Waals surface area contributed by atoms with Gasteiger partial charge >= 0.3 is 0 Å². The molecule has 74 heavy (non-hydrogen) atoms. The monoisotopic (exact) mass is 1070 g/mol. The van der Waals surface area contributed by atoms with Crippen molar-refractivity contribution in [2.75, 3.05) is 153 Å². The lowest BCUT2D eigenvalue weighted by Crippen LogP contribution is -2.59. The number of hydrogen-bond donors (Lipinski definition) is 3. The van der Waals surface area contributed by atoms with Crippen molar-refractivity contribution in [3.8, 4) is 0 Å². The van der Waals surface area contributed by atoms with Gasteiger partial charge in [-0.2, -0.15) is 0 Å². The summed E-state index contributed by atoms with van der Waals surface area (Å²) in [7, 11) is 4.90. The van der Waals surface area contributed by atoms with Crippen LogP contribution in [-0.2, 0) is 37.9 Å². The van der Waals surface area contributed by atoms with Gasteiger partial charge in [-0.15, -0.1) is 0 Å². The minimum atomic E-state index is -0.406. The van der Waals surface area contributed by atoms with E-state index >= 15 is 0 Å². The van der Waals surface area contributed by atoms with Crippen LogP contribution in [0, 0.1) is 23.7 Å². The molecule has 15 heteroatoms. The van der Waals surface area contributed by atoms with E-state index in [2.05, 4.69) is 158 Å². The summed E-state index contributed by atoms with van der Waals surface area (Å²) in [4.78, 5) is 10.5. The van der Waals surface area contributed by atoms with Crippen LogP contribution in [0.15, 0.2) is 0 Å². The lowest BCUT2D eigenvalue weighted by atomic mass is 9.93. The van der Waals surface area contributed by atoms with Crippen LogP contribution in [0.4, 0.5) is 0 Å². The van der Waals surface area contributed by atoms with E-state index in [0.717, 1.165) is 36.8 Å². The predicted molar refractivity (Wildman–Crippen MR) is 314 cm³/mol. The zero-order chi connectivity index (χ0) is 58.7. The van der Waals surface area contributed by atoms with E-state index in [1.54, 1.807) is 28.3 Å². The maximum Gasteiger partial charge on any atom is 0.0781 e. The van der Waals surface area contributed by atoms with Crippen LogP contribution in [0.1, 0.15) is 166 Å². The highest BCUT2D eigenvalue weighted by molar-refractivity contribution is 4.91. The minimum Gasteiger partial charge on any atom is -0.394 e. The third-order valence-electron chi connectivity index (χ3n) is 10.6. The van der Waals surface area contributed by atoms with E-state index in [0.29, 0.717) is 66.1 Å². The standard InChI is InChI=1S/2C18H40N2.C9H20O4.C8H18O4.C6H14O3/c1-15(2,3)19(16(4,5)6)13-14-20(17(7,8)9)18(10,11)12;1-15(2)11-19(12-16(3)4)9-10-20(13-17(5)6)14-18(7)8;1-8(10)6-12-4-5-13-9(2)7-11-3;1-8(12-4-3-9)7-11-6-5-10-2;1-6(5-8-2)9-4-3-7/h13-14H2,1-12H3;15-18H,9-14H2,1-8H3;8-10H,4-7H2,1-3H3;8-9H,3-7H2,1-2H3;6-7H,3-5H2,1-2H3. The number of aliphatic hydroxyl groups excluding tert-OH is 3. The molecule has 0 aromatic heterocycles. The van der Waals surface area contributed by atoms with E-state index in [4.69, 9.17) is 53.2 Å². The zero-order valence-corrected chi connectivity index (χ0v) is 54.2. The molecule has 0 aliphatic heterocycles. The van der Waals surface area contributed by atoms with E-state index in [9.17, 15) is 0 Å². The second-order valence-corrected chi connectivity index (χ2v) is 25.5. The summed E-state index contributed by atoms with van der Waals surface area (Å²) in [5, 5.41) is 25.6. The summed E-state index contributed by atoms with van der Waals surface area (Å²) in [5.74, 6) is 3.05. The van der Waals surface area contributed by atoms with E-state index < -0.39 is 6.10 Å². The molecule has 0 saturated heterocycles. The van der Waals surface area contributed by atoms with Crippen molar-refractivity contribution in [1.82, 2.24) is 19.6 Å². The van der Waals surface area contributed by atoms with Crippen molar-refractivity contribution in [2.24, 2.45) is 23.7 Å². The largest absolute Gasteiger partial charge is 0.394 e. The van der Waals surface area contributed by atoms with Gasteiger partial charge in [-0.1, -0.05) is 55.4 Å². The Morgan fingerprint density at radius 1 is 0.351 bits per heavy atom. The Morgan fingerprint density at radius 3 is 0.892 bits per heavy atom. The number of nitrogens with zero attached hydrogens (tertiary/aromatic N) is 4. The molecule has 0 aliphatic carbocycles. The van der Waals surface area contributed by atoms with Crippen LogP contribution >= 0.6 is 0 Å². The molecule has 0 bridgehead atoms. The van der Waals surface area contributed by atoms with Gasteiger partial charge in [0.1, 0.15) is 0 Å². The van der Waals surface area contributed by atoms with E-state index in [1.165, 1.54) is 39.3 Å². The maximum absolute atomic E-state index is 8.86. The second-order valence-electron chi connectivity index (χ2n) is 25.5. The Labute approximate surface area is 460 Å². The summed E-state index contributed by atoms with van der Waals surface area (Å²) in [6.07, 6.45) is -0.187. The van der Waals surface area contributed by atoms with Gasteiger partial charge in [0.15, 0.2) is 0 Å². The first-order chi connectivity index (χ1) is 34.0. The first-order valence-corrected chi connectivity index (χ1v) is 28.3. The van der Waals surface area contributed by atoms with Crippen molar-refractivity contribution >= 4 is 0 Å². The van der Waals surface area contributed by atoms with Gasteiger partial charge in [-0.25, -0.2) is 0 Å². The highest BCUT2D eigenvalue weighted by atomic mass is 16.6. The van der Waals surface area contributed by atoms with Gasteiger partial charge in [0.25, 0.3) is 0 Å². The Bertz CT molecular complexity index is 1050. The number of methoxy groups -OCH3 is 3. The molecular formula is C59H132N4O11. The van der Waals surface area contributed by atoms with Crippen LogP contribution in [0.3, 0.4) is 0 Å². The maximum atomic E-state index is 8.86. The molecule has 0 radical (unpaired) electrons. The fourth-order valence-electron chi connectivity index (χ4n) is 8.49. The second kappa shape index (κ2) is 48.3. The average Bonchev–Trinajstić information content (AvgIpc) is 3.22. The molecule has 0 rings (SSSR count). The van der Waals surface area contributed by atoms with Crippen LogP contribution in [-0.4, -0.2) is 234 Å². The fraction of sp³-hybridized carbons (Fsp3) is 1.00. The first kappa shape index (κ1) is 82.2. The molecule has 4 atom stereocenters. The quantitative estimate of drug-likeness (QED) is 0.0518. The van der Waals surface area contributed by atoms with Crippen molar-refractivity contribution in [1.29, 1.82) is 0 Å². The summed E-state index contributed by atoms with van der Waals surface area (Å²) < 4.78 is 40.3. The number of hydrogen-bond acceptors (Lipinski definition) is 15. The lowest BCUT2D eigenvalue weighted by molar-refractivity contribution is -0.0318. The molecule has 0 aromatic carbocycles. The topological polar surface area (TPSA) is 147 Å². The van der Waals surface area contributed by atoms with E-state index in [-0.39, 0.29) is 53.7 Å². The molecule has 4 unspecified atom stereocenters. The molecule has 0 aliphatic rings. The summed E-state index contributed by atoms with van der Waals surface area (Å²) in [5.41, 5.74) is 0.777. The normalized spacial score (nSPS) is 14.2. The van der Waals surface area contributed by atoms with Crippen molar-refractivity contribution in [3.63, 3.8) is 0 Å². The smallest absolute Gasteiger partial charge is 0.0781 e. The molecule has 0 amide bonds. The summed E-state index contributed by atoms with van der Waals surface area (Å²) >= 11 is 0. The van der Waals surface area contributed by atoms with Gasteiger partial charge in [0.2, 0.25) is 0 Å².